The number of primary amides is 1. The summed E-state index contributed by atoms with van der Waals surface area (Å²) < 4.78 is 11.2. The zero-order valence-electron chi connectivity index (χ0n) is 16.1. The molecule has 3 aromatic carbocycles. The highest BCUT2D eigenvalue weighted by molar-refractivity contribution is 6.01. The summed E-state index contributed by atoms with van der Waals surface area (Å²) in [7, 11) is 0. The Labute approximate surface area is 168 Å². The van der Waals surface area contributed by atoms with E-state index < -0.39 is 5.91 Å². The monoisotopic (exact) mass is 390 g/mol. The topological polar surface area (TPSA) is 90.7 Å². The lowest BCUT2D eigenvalue weighted by molar-refractivity contribution is -0.120. The molecule has 6 heteroatoms. The van der Waals surface area contributed by atoms with Crippen LogP contribution in [0.4, 0.5) is 5.69 Å². The van der Waals surface area contributed by atoms with Crippen molar-refractivity contribution in [3.63, 3.8) is 0 Å². The van der Waals surface area contributed by atoms with Gasteiger partial charge in [0.25, 0.3) is 5.91 Å². The molecule has 1 aliphatic heterocycles. The molecule has 3 aromatic rings. The second-order valence-electron chi connectivity index (χ2n) is 6.95. The van der Waals surface area contributed by atoms with Crippen molar-refractivity contribution in [2.75, 3.05) is 18.5 Å². The molecule has 0 saturated heterocycles. The molecule has 0 aliphatic carbocycles. The second-order valence-corrected chi connectivity index (χ2v) is 6.95. The van der Waals surface area contributed by atoms with E-state index in [9.17, 15) is 9.59 Å². The molecule has 0 radical (unpaired) electrons. The Morgan fingerprint density at radius 2 is 1.93 bits per heavy atom. The van der Waals surface area contributed by atoms with Crippen molar-refractivity contribution in [3.8, 4) is 11.5 Å². The van der Waals surface area contributed by atoms with E-state index in [4.69, 9.17) is 15.2 Å². The molecular formula is C23H22N2O4. The van der Waals surface area contributed by atoms with Gasteiger partial charge in [-0.2, -0.15) is 0 Å². The van der Waals surface area contributed by atoms with Crippen LogP contribution >= 0.6 is 0 Å². The van der Waals surface area contributed by atoms with Gasteiger partial charge in [0, 0.05) is 18.0 Å². The summed E-state index contributed by atoms with van der Waals surface area (Å²) >= 11 is 0. The van der Waals surface area contributed by atoms with E-state index in [1.807, 2.05) is 43.3 Å². The number of amides is 2. The van der Waals surface area contributed by atoms with Gasteiger partial charge < -0.3 is 20.5 Å². The van der Waals surface area contributed by atoms with Gasteiger partial charge in [-0.1, -0.05) is 36.4 Å². The zero-order chi connectivity index (χ0) is 20.4. The largest absolute Gasteiger partial charge is 0.490 e. The Bertz CT molecular complexity index is 1090. The number of hydrogen-bond donors (Lipinski definition) is 2. The van der Waals surface area contributed by atoms with Crippen LogP contribution in [0.25, 0.3) is 10.8 Å². The van der Waals surface area contributed by atoms with Gasteiger partial charge in [0.05, 0.1) is 6.61 Å². The average Bonchev–Trinajstić information content (AvgIpc) is 2.72. The summed E-state index contributed by atoms with van der Waals surface area (Å²) in [5.74, 6) is 0.284. The summed E-state index contributed by atoms with van der Waals surface area (Å²) in [4.78, 5) is 23.4. The minimum atomic E-state index is -0.555. The molecule has 0 aromatic heterocycles. The second kappa shape index (κ2) is 7.83. The van der Waals surface area contributed by atoms with Crippen molar-refractivity contribution >= 4 is 28.3 Å². The Balaban J connectivity index is 1.81. The Hall–Kier alpha value is -3.54. The molecule has 1 atom stereocenters. The van der Waals surface area contributed by atoms with Gasteiger partial charge in [-0.3, -0.25) is 9.59 Å². The van der Waals surface area contributed by atoms with E-state index in [0.29, 0.717) is 24.5 Å². The first-order chi connectivity index (χ1) is 14.1. The quantitative estimate of drug-likeness (QED) is 0.673. The molecule has 1 unspecified atom stereocenters. The number of rotatable bonds is 6. The van der Waals surface area contributed by atoms with Crippen molar-refractivity contribution < 1.29 is 19.1 Å². The third-order valence-electron chi connectivity index (χ3n) is 5.02. The van der Waals surface area contributed by atoms with Crippen LogP contribution in [0.1, 0.15) is 30.4 Å². The number of carbonyl (C=O) groups is 2. The molecule has 3 N–H and O–H groups in total. The van der Waals surface area contributed by atoms with Gasteiger partial charge in [-0.15, -0.1) is 0 Å². The molecule has 1 aliphatic rings. The maximum Gasteiger partial charge on any atom is 0.255 e. The van der Waals surface area contributed by atoms with E-state index in [-0.39, 0.29) is 18.4 Å². The zero-order valence-corrected chi connectivity index (χ0v) is 16.1. The maximum absolute atomic E-state index is 12.4. The molecule has 0 spiro atoms. The van der Waals surface area contributed by atoms with Crippen molar-refractivity contribution in [1.29, 1.82) is 0 Å². The predicted octanol–water partition coefficient (Wildman–Crippen LogP) is 3.58. The van der Waals surface area contributed by atoms with Crippen LogP contribution in [0, 0.1) is 0 Å². The minimum absolute atomic E-state index is 0.0233. The van der Waals surface area contributed by atoms with Crippen LogP contribution in [0.3, 0.4) is 0 Å². The maximum atomic E-state index is 12.4. The number of anilines is 1. The normalized spacial score (nSPS) is 15.5. The van der Waals surface area contributed by atoms with Crippen LogP contribution < -0.4 is 20.5 Å². The molecule has 4 rings (SSSR count). The summed E-state index contributed by atoms with van der Waals surface area (Å²) in [5.41, 5.74) is 8.06. The van der Waals surface area contributed by atoms with E-state index >= 15 is 0 Å². The first kappa shape index (κ1) is 18.8. The van der Waals surface area contributed by atoms with Crippen LogP contribution in [-0.4, -0.2) is 25.0 Å². The summed E-state index contributed by atoms with van der Waals surface area (Å²) in [5, 5.41) is 5.23. The summed E-state index contributed by atoms with van der Waals surface area (Å²) in [6.45, 7) is 2.10. The minimum Gasteiger partial charge on any atom is -0.490 e. The SMILES string of the molecule is CCOc1cc(C2CC(=O)Nc3ccc4ccccc4c32)ccc1OCC(N)=O. The molecule has 2 amide bonds. The lowest BCUT2D eigenvalue weighted by atomic mass is 9.82. The van der Waals surface area contributed by atoms with Crippen molar-refractivity contribution in [3.05, 3.63) is 65.7 Å². The van der Waals surface area contributed by atoms with E-state index in [0.717, 1.165) is 27.6 Å². The fourth-order valence-corrected chi connectivity index (χ4v) is 3.83. The van der Waals surface area contributed by atoms with Crippen LogP contribution in [0.15, 0.2) is 54.6 Å². The van der Waals surface area contributed by atoms with Crippen molar-refractivity contribution in [1.82, 2.24) is 0 Å². The standard InChI is InChI=1S/C23H22N2O4/c1-2-28-20-11-15(8-10-19(20)29-13-21(24)26)17-12-22(27)25-18-9-7-14-5-3-4-6-16(14)23(17)18/h3-11,17H,2,12-13H2,1H3,(H2,24,26)(H,25,27). The van der Waals surface area contributed by atoms with Crippen molar-refractivity contribution in [2.45, 2.75) is 19.3 Å². The lowest BCUT2D eigenvalue weighted by Crippen LogP contribution is -2.24. The van der Waals surface area contributed by atoms with Crippen LogP contribution in [-0.2, 0) is 9.59 Å². The molecule has 148 valence electrons. The molecule has 0 bridgehead atoms. The number of ether oxygens (including phenoxy) is 2. The average molecular weight is 390 g/mol. The number of nitrogens with two attached hydrogens (primary N) is 1. The highest BCUT2D eigenvalue weighted by Crippen LogP contribution is 2.43. The molecule has 0 saturated carbocycles. The van der Waals surface area contributed by atoms with Gasteiger partial charge in [-0.25, -0.2) is 0 Å². The van der Waals surface area contributed by atoms with E-state index in [1.54, 1.807) is 6.07 Å². The number of fused-ring (bicyclic) bond motifs is 3. The summed E-state index contributed by atoms with van der Waals surface area (Å²) in [6, 6.07) is 17.7. The highest BCUT2D eigenvalue weighted by Gasteiger charge is 2.29. The third-order valence-corrected chi connectivity index (χ3v) is 5.02. The van der Waals surface area contributed by atoms with Gasteiger partial charge in [-0.05, 0) is 47.0 Å². The number of hydrogen-bond acceptors (Lipinski definition) is 4. The third kappa shape index (κ3) is 3.74. The highest BCUT2D eigenvalue weighted by atomic mass is 16.5. The fraction of sp³-hybridized carbons (Fsp3) is 0.217. The van der Waals surface area contributed by atoms with Crippen LogP contribution in [0.5, 0.6) is 11.5 Å². The van der Waals surface area contributed by atoms with E-state index in [2.05, 4.69) is 17.4 Å². The molecular weight excluding hydrogens is 368 g/mol. The molecule has 6 nitrogen and oxygen atoms in total. The first-order valence-corrected chi connectivity index (χ1v) is 9.56. The Kier molecular flexibility index (Phi) is 5.08. The molecule has 0 fully saturated rings. The molecule has 1 heterocycles. The number of benzene rings is 3. The lowest BCUT2D eigenvalue weighted by Gasteiger charge is -2.28. The smallest absolute Gasteiger partial charge is 0.255 e. The fourth-order valence-electron chi connectivity index (χ4n) is 3.83. The van der Waals surface area contributed by atoms with Crippen molar-refractivity contribution in [2.24, 2.45) is 5.73 Å². The van der Waals surface area contributed by atoms with Gasteiger partial charge in [0.1, 0.15) is 0 Å². The van der Waals surface area contributed by atoms with Gasteiger partial charge in [0.2, 0.25) is 5.91 Å². The number of nitrogens with one attached hydrogen (secondary N) is 1. The van der Waals surface area contributed by atoms with Crippen LogP contribution in [0.2, 0.25) is 0 Å². The first-order valence-electron chi connectivity index (χ1n) is 9.56. The predicted molar refractivity (Wildman–Crippen MR) is 111 cm³/mol. The Morgan fingerprint density at radius 1 is 1.10 bits per heavy atom. The van der Waals surface area contributed by atoms with Gasteiger partial charge >= 0.3 is 0 Å². The Morgan fingerprint density at radius 3 is 2.72 bits per heavy atom. The van der Waals surface area contributed by atoms with Gasteiger partial charge in [0.15, 0.2) is 18.1 Å². The summed E-state index contributed by atoms with van der Waals surface area (Å²) in [6.07, 6.45) is 0.341. The van der Waals surface area contributed by atoms with E-state index in [1.165, 1.54) is 0 Å². The molecule has 29 heavy (non-hydrogen) atoms. The number of carbonyl (C=O) groups excluding carboxylic acids is 2.